The van der Waals surface area contributed by atoms with E-state index in [0.717, 1.165) is 5.33 Å². The van der Waals surface area contributed by atoms with E-state index in [1.165, 1.54) is 18.4 Å². The van der Waals surface area contributed by atoms with E-state index in [4.69, 9.17) is 0 Å². The van der Waals surface area contributed by atoms with E-state index in [9.17, 15) is 0 Å². The van der Waals surface area contributed by atoms with E-state index in [0.29, 0.717) is 0 Å². The number of aryl methyl sites for hydroxylation is 1. The minimum absolute atomic E-state index is 0. The summed E-state index contributed by atoms with van der Waals surface area (Å²) in [6.45, 7) is 0. The minimum atomic E-state index is 0. The quantitative estimate of drug-likeness (QED) is 0.711. The number of rotatable bonds is 3. The third-order valence-corrected chi connectivity index (χ3v) is 2.00. The second-order valence-electron chi connectivity index (χ2n) is 2.28. The zero-order chi connectivity index (χ0) is 7.23. The Balaban J connectivity index is 0.000001000. The summed E-state index contributed by atoms with van der Waals surface area (Å²) in [7, 11) is 0. The second-order valence-corrected chi connectivity index (χ2v) is 3.07. The van der Waals surface area contributed by atoms with Gasteiger partial charge in [-0.3, -0.25) is 0 Å². The minimum Gasteiger partial charge on any atom is -0.0928 e. The van der Waals surface area contributed by atoms with Crippen LogP contribution in [0.5, 0.6) is 0 Å². The van der Waals surface area contributed by atoms with Crippen LogP contribution in [0.4, 0.5) is 0 Å². The fourth-order valence-corrected chi connectivity index (χ4v) is 1.20. The van der Waals surface area contributed by atoms with Gasteiger partial charge in [-0.25, -0.2) is 0 Å². The molecular weight excluding hydrogens is 228 g/mol. The van der Waals surface area contributed by atoms with Gasteiger partial charge in [0.15, 0.2) is 0 Å². The summed E-state index contributed by atoms with van der Waals surface area (Å²) in [5.74, 6) is 0. The number of hydrogen-bond acceptors (Lipinski definition) is 0. The molecule has 0 aromatic heterocycles. The van der Waals surface area contributed by atoms with E-state index in [2.05, 4.69) is 46.3 Å². The van der Waals surface area contributed by atoms with Crippen molar-refractivity contribution in [2.45, 2.75) is 12.8 Å². The summed E-state index contributed by atoms with van der Waals surface area (Å²) in [6.07, 6.45) is 2.41. The standard InChI is InChI=1S/C9H11Br.Ar/c10-8-4-7-9-5-2-1-3-6-9;/h1-3,5-6H,4,7-8H2;. The molecule has 0 radical (unpaired) electrons. The molecule has 0 spiro atoms. The number of halogens is 1. The molecule has 0 nitrogen and oxygen atoms in total. The zero-order valence-corrected chi connectivity index (χ0v) is 8.53. The van der Waals surface area contributed by atoms with E-state index in [1.54, 1.807) is 0 Å². The summed E-state index contributed by atoms with van der Waals surface area (Å²) >= 11 is 3.41. The third kappa shape index (κ3) is 5.24. The van der Waals surface area contributed by atoms with Gasteiger partial charge in [-0.1, -0.05) is 46.3 Å². The molecule has 0 N–H and O–H groups in total. The van der Waals surface area contributed by atoms with Crippen molar-refractivity contribution in [3.63, 3.8) is 0 Å². The number of alkyl halides is 1. The van der Waals surface area contributed by atoms with Crippen molar-refractivity contribution in [2.75, 3.05) is 5.33 Å². The molecule has 0 bridgehead atoms. The summed E-state index contributed by atoms with van der Waals surface area (Å²) < 4.78 is 0. The van der Waals surface area contributed by atoms with Crippen LogP contribution in [0.25, 0.3) is 0 Å². The molecule has 0 saturated heterocycles. The van der Waals surface area contributed by atoms with Gasteiger partial charge >= 0.3 is 0 Å². The maximum Gasteiger partial charge on any atom is 0.00344 e. The van der Waals surface area contributed by atoms with Crippen LogP contribution in [0.3, 0.4) is 0 Å². The summed E-state index contributed by atoms with van der Waals surface area (Å²) in [5, 5.41) is 1.10. The van der Waals surface area contributed by atoms with Crippen LogP contribution in [-0.2, 0) is 6.42 Å². The van der Waals surface area contributed by atoms with Crippen molar-refractivity contribution in [1.82, 2.24) is 0 Å². The molecule has 0 aliphatic rings. The monoisotopic (exact) mass is 238 g/mol. The molecule has 1 aromatic carbocycles. The van der Waals surface area contributed by atoms with Crippen molar-refractivity contribution < 1.29 is 37.7 Å². The molecule has 0 aliphatic carbocycles. The SMILES string of the molecule is BrCCCc1ccccc1.[Ar]. The van der Waals surface area contributed by atoms with Gasteiger partial charge in [0.2, 0.25) is 0 Å². The van der Waals surface area contributed by atoms with E-state index < -0.39 is 0 Å². The van der Waals surface area contributed by atoms with Gasteiger partial charge in [0.1, 0.15) is 0 Å². The molecule has 1 aromatic rings. The molecule has 0 heterocycles. The first-order valence-corrected chi connectivity index (χ1v) is 4.65. The average Bonchev–Trinajstić information content (AvgIpc) is 2.03. The van der Waals surface area contributed by atoms with Crippen LogP contribution in [0.2, 0.25) is 0 Å². The van der Waals surface area contributed by atoms with Gasteiger partial charge in [-0.15, -0.1) is 0 Å². The summed E-state index contributed by atoms with van der Waals surface area (Å²) in [6, 6.07) is 10.6. The molecule has 0 fully saturated rings. The van der Waals surface area contributed by atoms with E-state index in [-0.39, 0.29) is 37.7 Å². The average molecular weight is 239 g/mol. The summed E-state index contributed by atoms with van der Waals surface area (Å²) in [5.41, 5.74) is 1.43. The zero-order valence-electron chi connectivity index (χ0n) is 6.24. The number of hydrogen-bond donors (Lipinski definition) is 0. The Morgan fingerprint density at radius 1 is 1.09 bits per heavy atom. The Hall–Kier alpha value is 0.960. The van der Waals surface area contributed by atoms with Crippen molar-refractivity contribution in [1.29, 1.82) is 0 Å². The van der Waals surface area contributed by atoms with E-state index >= 15 is 0 Å². The molecule has 11 heavy (non-hydrogen) atoms. The Kier molecular flexibility index (Phi) is 8.26. The van der Waals surface area contributed by atoms with Gasteiger partial charge in [0.05, 0.1) is 0 Å². The smallest absolute Gasteiger partial charge is 0.00344 e. The normalized spacial score (nSPS) is 8.82. The van der Waals surface area contributed by atoms with Gasteiger partial charge in [-0.2, -0.15) is 0 Å². The van der Waals surface area contributed by atoms with Gasteiger partial charge in [0.25, 0.3) is 0 Å². The predicted molar refractivity (Wildman–Crippen MR) is 48.6 cm³/mol. The van der Waals surface area contributed by atoms with Crippen LogP contribution < -0.4 is 0 Å². The van der Waals surface area contributed by atoms with Crippen molar-refractivity contribution >= 4 is 15.9 Å². The van der Waals surface area contributed by atoms with Crippen LogP contribution in [0, 0.1) is 37.7 Å². The van der Waals surface area contributed by atoms with Gasteiger partial charge in [0, 0.05) is 43.1 Å². The molecule has 0 aliphatic heterocycles. The maximum atomic E-state index is 3.41. The maximum absolute atomic E-state index is 3.41. The number of benzene rings is 1. The van der Waals surface area contributed by atoms with Gasteiger partial charge in [-0.05, 0) is 18.4 Å². The molecule has 0 amide bonds. The first-order chi connectivity index (χ1) is 4.93. The Morgan fingerprint density at radius 2 is 1.73 bits per heavy atom. The largest absolute Gasteiger partial charge is 0.0928 e. The fraction of sp³-hybridized carbons (Fsp3) is 0.333. The molecular formula is C9H11ArBr. The molecule has 2 heteroatoms. The Morgan fingerprint density at radius 3 is 2.27 bits per heavy atom. The van der Waals surface area contributed by atoms with E-state index in [1.807, 2.05) is 0 Å². The topological polar surface area (TPSA) is 0 Å². The van der Waals surface area contributed by atoms with Crippen molar-refractivity contribution in [3.05, 3.63) is 35.9 Å². The summed E-state index contributed by atoms with van der Waals surface area (Å²) in [4.78, 5) is 0. The molecule has 0 unspecified atom stereocenters. The van der Waals surface area contributed by atoms with Crippen LogP contribution in [0.15, 0.2) is 30.3 Å². The molecule has 1 rings (SSSR count). The predicted octanol–water partition coefficient (Wildman–Crippen LogP) is 3.01. The Labute approximate surface area is 107 Å². The van der Waals surface area contributed by atoms with Crippen LogP contribution in [-0.4, -0.2) is 5.33 Å². The van der Waals surface area contributed by atoms with Crippen LogP contribution >= 0.6 is 15.9 Å². The fourth-order valence-electron chi connectivity index (χ4n) is 0.916. The first kappa shape index (κ1) is 12.0. The second kappa shape index (κ2) is 7.60. The molecule has 62 valence electrons. The Bertz CT molecular complexity index is 174. The van der Waals surface area contributed by atoms with Gasteiger partial charge < -0.3 is 0 Å². The first-order valence-electron chi connectivity index (χ1n) is 3.53. The molecule has 0 saturated carbocycles. The van der Waals surface area contributed by atoms with Crippen molar-refractivity contribution in [2.24, 2.45) is 0 Å². The third-order valence-electron chi connectivity index (χ3n) is 1.44. The van der Waals surface area contributed by atoms with Crippen molar-refractivity contribution in [3.8, 4) is 0 Å². The van der Waals surface area contributed by atoms with Crippen LogP contribution in [0.1, 0.15) is 12.0 Å². The molecule has 0 atom stereocenters.